The summed E-state index contributed by atoms with van der Waals surface area (Å²) in [6.45, 7) is 1.66. The SMILES string of the molecule is CC(Nc1ccc(CC#N)cc1)C(=O)Nc1ccccc1[N+](=O)[O-]. The number of rotatable bonds is 6. The van der Waals surface area contributed by atoms with Crippen molar-refractivity contribution < 1.29 is 9.72 Å². The first-order valence-electron chi connectivity index (χ1n) is 7.28. The topological polar surface area (TPSA) is 108 Å². The van der Waals surface area contributed by atoms with E-state index in [4.69, 9.17) is 5.26 Å². The van der Waals surface area contributed by atoms with Gasteiger partial charge in [-0.15, -0.1) is 0 Å². The van der Waals surface area contributed by atoms with Crippen LogP contribution in [0.1, 0.15) is 12.5 Å². The Kier molecular flexibility index (Phi) is 5.47. The van der Waals surface area contributed by atoms with Crippen LogP contribution >= 0.6 is 0 Å². The molecule has 0 radical (unpaired) electrons. The van der Waals surface area contributed by atoms with Gasteiger partial charge >= 0.3 is 0 Å². The van der Waals surface area contributed by atoms with Crippen molar-refractivity contribution >= 4 is 23.0 Å². The normalized spacial score (nSPS) is 11.2. The smallest absolute Gasteiger partial charge is 0.292 e. The van der Waals surface area contributed by atoms with E-state index >= 15 is 0 Å². The fourth-order valence-corrected chi connectivity index (χ4v) is 2.11. The van der Waals surface area contributed by atoms with E-state index in [-0.39, 0.29) is 17.3 Å². The highest BCUT2D eigenvalue weighted by Crippen LogP contribution is 2.23. The standard InChI is InChI=1S/C17H16N4O3/c1-12(19-14-8-6-13(7-9-14)10-11-18)17(22)20-15-4-2-3-5-16(15)21(23)24/h2-9,12,19H,10H2,1H3,(H,20,22). The van der Waals surface area contributed by atoms with Crippen LogP contribution in [0.15, 0.2) is 48.5 Å². The average Bonchev–Trinajstić information content (AvgIpc) is 2.57. The number of carbonyl (C=O) groups excluding carboxylic acids is 1. The summed E-state index contributed by atoms with van der Waals surface area (Å²) in [5.74, 6) is -0.384. The highest BCUT2D eigenvalue weighted by molar-refractivity contribution is 5.97. The number of nitro groups is 1. The van der Waals surface area contributed by atoms with Crippen LogP contribution in [0.4, 0.5) is 17.1 Å². The molecule has 0 heterocycles. The van der Waals surface area contributed by atoms with E-state index in [1.807, 2.05) is 0 Å². The van der Waals surface area contributed by atoms with Gasteiger partial charge in [0.2, 0.25) is 5.91 Å². The number of anilines is 2. The number of nitriles is 1. The van der Waals surface area contributed by atoms with Gasteiger partial charge in [0, 0.05) is 11.8 Å². The van der Waals surface area contributed by atoms with Crippen LogP contribution in [0, 0.1) is 21.4 Å². The Balaban J connectivity index is 2.02. The third-order valence-corrected chi connectivity index (χ3v) is 3.37. The number of nitrogens with one attached hydrogen (secondary N) is 2. The molecule has 7 heteroatoms. The molecule has 2 aromatic rings. The molecular weight excluding hydrogens is 308 g/mol. The molecule has 1 amide bonds. The quantitative estimate of drug-likeness (QED) is 0.627. The minimum absolute atomic E-state index is 0.154. The van der Waals surface area contributed by atoms with E-state index in [9.17, 15) is 14.9 Å². The predicted octanol–water partition coefficient (Wildman–Crippen LogP) is 3.10. The van der Waals surface area contributed by atoms with Gasteiger partial charge in [-0.1, -0.05) is 24.3 Å². The van der Waals surface area contributed by atoms with Crippen LogP contribution in [0.25, 0.3) is 0 Å². The molecule has 1 unspecified atom stereocenters. The summed E-state index contributed by atoms with van der Waals surface area (Å²) in [6, 6.07) is 14.6. The zero-order valence-electron chi connectivity index (χ0n) is 13.0. The van der Waals surface area contributed by atoms with Gasteiger partial charge in [-0.2, -0.15) is 5.26 Å². The van der Waals surface area contributed by atoms with Gasteiger partial charge in [-0.3, -0.25) is 14.9 Å². The van der Waals surface area contributed by atoms with Gasteiger partial charge in [0.15, 0.2) is 0 Å². The molecule has 0 saturated carbocycles. The van der Waals surface area contributed by atoms with Crippen molar-refractivity contribution in [2.75, 3.05) is 10.6 Å². The predicted molar refractivity (Wildman–Crippen MR) is 90.6 cm³/mol. The van der Waals surface area contributed by atoms with Crippen LogP contribution in [-0.2, 0) is 11.2 Å². The molecule has 1 atom stereocenters. The van der Waals surface area contributed by atoms with Crippen molar-refractivity contribution in [2.45, 2.75) is 19.4 Å². The number of amides is 1. The first kappa shape index (κ1) is 17.0. The molecule has 0 aliphatic rings. The van der Waals surface area contributed by atoms with E-state index < -0.39 is 11.0 Å². The van der Waals surface area contributed by atoms with Crippen molar-refractivity contribution in [3.63, 3.8) is 0 Å². The first-order valence-corrected chi connectivity index (χ1v) is 7.28. The molecule has 2 N–H and O–H groups in total. The lowest BCUT2D eigenvalue weighted by molar-refractivity contribution is -0.383. The molecule has 7 nitrogen and oxygen atoms in total. The minimum atomic E-state index is -0.591. The van der Waals surface area contributed by atoms with E-state index in [1.165, 1.54) is 18.2 Å². The minimum Gasteiger partial charge on any atom is -0.374 e. The zero-order valence-corrected chi connectivity index (χ0v) is 13.0. The number of nitrogens with zero attached hydrogens (tertiary/aromatic N) is 2. The van der Waals surface area contributed by atoms with E-state index in [1.54, 1.807) is 37.3 Å². The van der Waals surface area contributed by atoms with E-state index in [2.05, 4.69) is 16.7 Å². The maximum absolute atomic E-state index is 12.2. The number of para-hydroxylation sites is 2. The molecule has 0 aliphatic heterocycles. The molecule has 2 aromatic carbocycles. The molecular formula is C17H16N4O3. The Morgan fingerprint density at radius 1 is 1.25 bits per heavy atom. The summed E-state index contributed by atoms with van der Waals surface area (Å²) in [7, 11) is 0. The second-order valence-corrected chi connectivity index (χ2v) is 5.16. The fourth-order valence-electron chi connectivity index (χ4n) is 2.11. The van der Waals surface area contributed by atoms with Crippen molar-refractivity contribution in [2.24, 2.45) is 0 Å². The van der Waals surface area contributed by atoms with Crippen LogP contribution in [0.5, 0.6) is 0 Å². The molecule has 0 fully saturated rings. The molecule has 24 heavy (non-hydrogen) atoms. The largest absolute Gasteiger partial charge is 0.374 e. The van der Waals surface area contributed by atoms with Gasteiger partial charge in [-0.05, 0) is 30.7 Å². The summed E-state index contributed by atoms with van der Waals surface area (Å²) in [6.07, 6.45) is 0.327. The molecule has 122 valence electrons. The third-order valence-electron chi connectivity index (χ3n) is 3.37. The Bertz CT molecular complexity index is 781. The summed E-state index contributed by atoms with van der Waals surface area (Å²) in [5, 5.41) is 25.2. The Morgan fingerprint density at radius 3 is 2.54 bits per heavy atom. The maximum atomic E-state index is 12.2. The summed E-state index contributed by atoms with van der Waals surface area (Å²) >= 11 is 0. The summed E-state index contributed by atoms with van der Waals surface area (Å²) < 4.78 is 0. The second kappa shape index (κ2) is 7.74. The molecule has 0 aliphatic carbocycles. The van der Waals surface area contributed by atoms with Crippen LogP contribution < -0.4 is 10.6 Å². The molecule has 2 rings (SSSR count). The van der Waals surface area contributed by atoms with Gasteiger partial charge in [0.1, 0.15) is 11.7 Å². The maximum Gasteiger partial charge on any atom is 0.292 e. The third kappa shape index (κ3) is 4.30. The van der Waals surface area contributed by atoms with Crippen LogP contribution in [0.3, 0.4) is 0 Å². The van der Waals surface area contributed by atoms with E-state index in [0.717, 1.165) is 11.3 Å². The van der Waals surface area contributed by atoms with Gasteiger partial charge < -0.3 is 10.6 Å². The number of nitro benzene ring substituents is 1. The highest BCUT2D eigenvalue weighted by atomic mass is 16.6. The number of hydrogen-bond donors (Lipinski definition) is 2. The van der Waals surface area contributed by atoms with Gasteiger partial charge in [0.25, 0.3) is 5.69 Å². The Morgan fingerprint density at radius 2 is 1.92 bits per heavy atom. The summed E-state index contributed by atoms with van der Waals surface area (Å²) in [5.41, 5.74) is 1.62. The average molecular weight is 324 g/mol. The zero-order chi connectivity index (χ0) is 17.5. The van der Waals surface area contributed by atoms with Crippen molar-refractivity contribution in [1.29, 1.82) is 5.26 Å². The van der Waals surface area contributed by atoms with Crippen molar-refractivity contribution in [1.82, 2.24) is 0 Å². The number of carbonyl (C=O) groups is 1. The molecule has 0 saturated heterocycles. The first-order chi connectivity index (χ1) is 11.5. The number of benzene rings is 2. The molecule has 0 aromatic heterocycles. The van der Waals surface area contributed by atoms with Crippen molar-refractivity contribution in [3.05, 3.63) is 64.2 Å². The fraction of sp³-hybridized carbons (Fsp3) is 0.176. The lowest BCUT2D eigenvalue weighted by Gasteiger charge is -2.15. The lowest BCUT2D eigenvalue weighted by atomic mass is 10.1. The Hall–Kier alpha value is -3.40. The Labute approximate surface area is 139 Å². The van der Waals surface area contributed by atoms with Gasteiger partial charge in [0.05, 0.1) is 17.4 Å². The summed E-state index contributed by atoms with van der Waals surface area (Å²) in [4.78, 5) is 22.6. The van der Waals surface area contributed by atoms with Crippen LogP contribution in [0.2, 0.25) is 0 Å². The molecule has 0 spiro atoms. The molecule has 0 bridgehead atoms. The number of hydrogen-bond acceptors (Lipinski definition) is 5. The van der Waals surface area contributed by atoms with Crippen molar-refractivity contribution in [3.8, 4) is 6.07 Å². The highest BCUT2D eigenvalue weighted by Gasteiger charge is 2.18. The van der Waals surface area contributed by atoms with E-state index in [0.29, 0.717) is 6.42 Å². The van der Waals surface area contributed by atoms with Crippen LogP contribution in [-0.4, -0.2) is 16.9 Å². The second-order valence-electron chi connectivity index (χ2n) is 5.16. The monoisotopic (exact) mass is 324 g/mol. The van der Waals surface area contributed by atoms with Gasteiger partial charge in [-0.25, -0.2) is 0 Å². The lowest BCUT2D eigenvalue weighted by Crippen LogP contribution is -2.32.